The lowest BCUT2D eigenvalue weighted by atomic mass is 9.75. The topological polar surface area (TPSA) is 12.0 Å². The Labute approximate surface area is 112 Å². The van der Waals surface area contributed by atoms with Crippen LogP contribution in [0.4, 0.5) is 4.39 Å². The predicted octanol–water partition coefficient (Wildman–Crippen LogP) is 2.99. The summed E-state index contributed by atoms with van der Waals surface area (Å²) in [7, 11) is 0. The van der Waals surface area contributed by atoms with Gasteiger partial charge in [0.05, 0.1) is 0 Å². The van der Waals surface area contributed by atoms with Crippen molar-refractivity contribution >= 4 is 23.4 Å². The fraction of sp³-hybridized carbons (Fsp3) is 0.846. The van der Waals surface area contributed by atoms with Crippen LogP contribution < -0.4 is 5.32 Å². The fourth-order valence-electron chi connectivity index (χ4n) is 3.45. The zero-order valence-electron chi connectivity index (χ0n) is 9.87. The Kier molecular flexibility index (Phi) is 3.69. The number of thioether (sulfide) groups is 1. The van der Waals surface area contributed by atoms with Crippen LogP contribution in [0, 0.1) is 11.8 Å². The molecule has 2 aliphatic heterocycles. The highest BCUT2D eigenvalue weighted by Gasteiger charge is 2.48. The van der Waals surface area contributed by atoms with Gasteiger partial charge in [0.15, 0.2) is 0 Å². The van der Waals surface area contributed by atoms with Crippen molar-refractivity contribution in [3.8, 4) is 0 Å². The Morgan fingerprint density at radius 2 is 2.29 bits per heavy atom. The maximum absolute atomic E-state index is 14.2. The molecule has 1 saturated carbocycles. The van der Waals surface area contributed by atoms with Crippen LogP contribution in [0.15, 0.2) is 11.6 Å². The summed E-state index contributed by atoms with van der Waals surface area (Å²) in [4.78, 5) is 0. The molecule has 0 aromatic carbocycles. The van der Waals surface area contributed by atoms with E-state index in [2.05, 4.69) is 11.4 Å². The minimum absolute atomic E-state index is 0.169. The molecule has 3 aliphatic rings. The van der Waals surface area contributed by atoms with Crippen molar-refractivity contribution in [1.29, 1.82) is 0 Å². The third kappa shape index (κ3) is 2.26. The molecule has 1 saturated heterocycles. The normalized spacial score (nSPS) is 46.5. The SMILES string of the molecule is FC1CCC(Cl)C2SCC(C3=CCCNC3)C12. The van der Waals surface area contributed by atoms with Gasteiger partial charge in [0, 0.05) is 28.8 Å². The molecule has 2 fully saturated rings. The van der Waals surface area contributed by atoms with Gasteiger partial charge in [-0.3, -0.25) is 0 Å². The number of alkyl halides is 2. The average Bonchev–Trinajstić information content (AvgIpc) is 2.81. The molecule has 5 atom stereocenters. The van der Waals surface area contributed by atoms with Crippen LogP contribution in [-0.2, 0) is 0 Å². The largest absolute Gasteiger partial charge is 0.313 e. The lowest BCUT2D eigenvalue weighted by Crippen LogP contribution is -2.41. The summed E-state index contributed by atoms with van der Waals surface area (Å²) in [6.45, 7) is 2.02. The summed E-state index contributed by atoms with van der Waals surface area (Å²) >= 11 is 8.26. The van der Waals surface area contributed by atoms with Crippen LogP contribution >= 0.6 is 23.4 Å². The van der Waals surface area contributed by atoms with E-state index in [1.165, 1.54) is 5.57 Å². The average molecular weight is 276 g/mol. The van der Waals surface area contributed by atoms with E-state index in [4.69, 9.17) is 11.6 Å². The molecule has 3 rings (SSSR count). The molecule has 0 aromatic rings. The van der Waals surface area contributed by atoms with E-state index in [9.17, 15) is 4.39 Å². The summed E-state index contributed by atoms with van der Waals surface area (Å²) in [5, 5.41) is 3.92. The minimum Gasteiger partial charge on any atom is -0.313 e. The van der Waals surface area contributed by atoms with Crippen molar-refractivity contribution in [3.05, 3.63) is 11.6 Å². The van der Waals surface area contributed by atoms with E-state index in [-0.39, 0.29) is 11.3 Å². The second-order valence-electron chi connectivity index (χ2n) is 5.34. The van der Waals surface area contributed by atoms with Crippen molar-refractivity contribution in [1.82, 2.24) is 5.32 Å². The maximum atomic E-state index is 14.2. The zero-order chi connectivity index (χ0) is 11.8. The first-order valence-electron chi connectivity index (χ1n) is 6.57. The molecular weight excluding hydrogens is 257 g/mol. The van der Waals surface area contributed by atoms with Crippen LogP contribution in [-0.4, -0.2) is 35.6 Å². The highest BCUT2D eigenvalue weighted by molar-refractivity contribution is 8.00. The van der Waals surface area contributed by atoms with E-state index in [1.807, 2.05) is 11.8 Å². The van der Waals surface area contributed by atoms with Crippen molar-refractivity contribution < 1.29 is 4.39 Å². The number of rotatable bonds is 1. The van der Waals surface area contributed by atoms with Crippen molar-refractivity contribution in [3.63, 3.8) is 0 Å². The quantitative estimate of drug-likeness (QED) is 0.583. The van der Waals surface area contributed by atoms with Gasteiger partial charge >= 0.3 is 0 Å². The molecule has 0 radical (unpaired) electrons. The zero-order valence-corrected chi connectivity index (χ0v) is 11.4. The molecule has 0 aromatic heterocycles. The predicted molar refractivity (Wildman–Crippen MR) is 72.6 cm³/mol. The van der Waals surface area contributed by atoms with Gasteiger partial charge in [-0.1, -0.05) is 11.6 Å². The second-order valence-corrected chi connectivity index (χ2v) is 7.11. The Bertz CT molecular complexity index is 323. The molecule has 1 aliphatic carbocycles. The van der Waals surface area contributed by atoms with Gasteiger partial charge in [-0.25, -0.2) is 4.39 Å². The summed E-state index contributed by atoms with van der Waals surface area (Å²) < 4.78 is 14.2. The number of fused-ring (bicyclic) bond motifs is 1. The molecule has 17 heavy (non-hydrogen) atoms. The van der Waals surface area contributed by atoms with Crippen molar-refractivity contribution in [2.75, 3.05) is 18.8 Å². The molecule has 1 N–H and O–H groups in total. The summed E-state index contributed by atoms with van der Waals surface area (Å²) in [5.41, 5.74) is 1.43. The van der Waals surface area contributed by atoms with Gasteiger partial charge in [-0.15, -0.1) is 11.6 Å². The summed E-state index contributed by atoms with van der Waals surface area (Å²) in [5.74, 6) is 1.66. The molecule has 0 spiro atoms. The van der Waals surface area contributed by atoms with Gasteiger partial charge < -0.3 is 5.32 Å². The van der Waals surface area contributed by atoms with Crippen LogP contribution in [0.25, 0.3) is 0 Å². The first-order valence-corrected chi connectivity index (χ1v) is 8.05. The Morgan fingerprint density at radius 3 is 3.06 bits per heavy atom. The summed E-state index contributed by atoms with van der Waals surface area (Å²) in [6, 6.07) is 0. The lowest BCUT2D eigenvalue weighted by molar-refractivity contribution is 0.150. The third-order valence-corrected chi connectivity index (χ3v) is 6.56. The molecule has 0 amide bonds. The molecule has 0 bridgehead atoms. The van der Waals surface area contributed by atoms with E-state index in [0.29, 0.717) is 17.6 Å². The van der Waals surface area contributed by atoms with Crippen LogP contribution in [0.5, 0.6) is 0 Å². The molecule has 2 heterocycles. The lowest BCUT2D eigenvalue weighted by Gasteiger charge is -2.36. The van der Waals surface area contributed by atoms with Crippen LogP contribution in [0.2, 0.25) is 0 Å². The van der Waals surface area contributed by atoms with E-state index in [1.54, 1.807) is 0 Å². The first kappa shape index (κ1) is 12.3. The summed E-state index contributed by atoms with van der Waals surface area (Å²) in [6.07, 6.45) is 4.29. The fourth-order valence-corrected chi connectivity index (χ4v) is 5.75. The van der Waals surface area contributed by atoms with E-state index in [0.717, 1.165) is 31.7 Å². The second kappa shape index (κ2) is 5.10. The van der Waals surface area contributed by atoms with Crippen molar-refractivity contribution in [2.45, 2.75) is 36.1 Å². The molecule has 1 nitrogen and oxygen atoms in total. The Balaban J connectivity index is 1.80. The van der Waals surface area contributed by atoms with Gasteiger partial charge in [-0.2, -0.15) is 11.8 Å². The van der Waals surface area contributed by atoms with Gasteiger partial charge in [-0.05, 0) is 31.7 Å². The molecule has 96 valence electrons. The van der Waals surface area contributed by atoms with Gasteiger partial charge in [0.25, 0.3) is 0 Å². The smallest absolute Gasteiger partial charge is 0.105 e. The minimum atomic E-state index is -0.641. The molecular formula is C13H19ClFNS. The van der Waals surface area contributed by atoms with E-state index < -0.39 is 6.17 Å². The third-order valence-electron chi connectivity index (χ3n) is 4.34. The number of halogens is 2. The van der Waals surface area contributed by atoms with Crippen molar-refractivity contribution in [2.24, 2.45) is 11.8 Å². The number of hydrogen-bond acceptors (Lipinski definition) is 2. The van der Waals surface area contributed by atoms with Gasteiger partial charge in [0.1, 0.15) is 6.17 Å². The standard InChI is InChI=1S/C13H19ClFNS/c14-10-3-4-11(15)12-9(7-17-13(10)12)8-2-1-5-16-6-8/h2,9-13,16H,1,3-7H2. The number of hydrogen-bond donors (Lipinski definition) is 1. The van der Waals surface area contributed by atoms with Crippen LogP contribution in [0.3, 0.4) is 0 Å². The molecule has 4 heteroatoms. The molecule has 5 unspecified atom stereocenters. The monoisotopic (exact) mass is 275 g/mol. The van der Waals surface area contributed by atoms with E-state index >= 15 is 0 Å². The highest BCUT2D eigenvalue weighted by atomic mass is 35.5. The van der Waals surface area contributed by atoms with Crippen LogP contribution in [0.1, 0.15) is 19.3 Å². The Hall–Kier alpha value is 0.270. The maximum Gasteiger partial charge on any atom is 0.105 e. The first-order chi connectivity index (χ1) is 8.27. The Morgan fingerprint density at radius 1 is 1.41 bits per heavy atom. The van der Waals surface area contributed by atoms with Gasteiger partial charge in [0.2, 0.25) is 0 Å². The highest BCUT2D eigenvalue weighted by Crippen LogP contribution is 2.50. The number of nitrogens with one attached hydrogen (secondary N) is 1.